The lowest BCUT2D eigenvalue weighted by Gasteiger charge is -2.21. The molecule has 3 rings (SSSR count). The molecule has 0 spiro atoms. The van der Waals surface area contributed by atoms with Gasteiger partial charge in [0.05, 0.1) is 6.16 Å². The molecule has 0 amide bonds. The molecule has 2 aromatic rings. The second-order valence-electron chi connectivity index (χ2n) is 5.86. The third-order valence-electron chi connectivity index (χ3n) is 4.51. The Bertz CT molecular complexity index is 667. The van der Waals surface area contributed by atoms with Gasteiger partial charge in [0.2, 0.25) is 0 Å². The van der Waals surface area contributed by atoms with Crippen LogP contribution in [0.5, 0.6) is 0 Å². The molecule has 0 radical (unpaired) electrons. The molecule has 0 heterocycles. The number of benzene rings is 2. The zero-order valence-corrected chi connectivity index (χ0v) is 13.9. The number of hydrogen-bond donors (Lipinski definition) is 0. The zero-order chi connectivity index (χ0) is 15.6. The molecule has 22 heavy (non-hydrogen) atoms. The normalized spacial score (nSPS) is 16.5. The maximum atomic E-state index is 12.4. The van der Waals surface area contributed by atoms with Crippen LogP contribution < -0.4 is 0 Å². The maximum absolute atomic E-state index is 12.4. The van der Waals surface area contributed by atoms with Crippen molar-refractivity contribution in [2.24, 2.45) is 0 Å². The van der Waals surface area contributed by atoms with Crippen molar-refractivity contribution >= 4 is 7.60 Å². The van der Waals surface area contributed by atoms with Crippen molar-refractivity contribution in [3.63, 3.8) is 0 Å². The first kappa shape index (κ1) is 15.5. The van der Waals surface area contributed by atoms with E-state index in [1.807, 2.05) is 18.2 Å². The van der Waals surface area contributed by atoms with E-state index < -0.39 is 7.60 Å². The second-order valence-corrected chi connectivity index (χ2v) is 8.13. The largest absolute Gasteiger partial charge is 0.331 e. The van der Waals surface area contributed by atoms with Crippen LogP contribution in [-0.4, -0.2) is 20.4 Å². The van der Waals surface area contributed by atoms with Gasteiger partial charge in [-0.05, 0) is 29.5 Å². The fraction of sp³-hybridized carbons (Fsp3) is 0.333. The summed E-state index contributed by atoms with van der Waals surface area (Å²) in [7, 11) is -0.0611. The van der Waals surface area contributed by atoms with Crippen LogP contribution in [0.15, 0.2) is 54.6 Å². The summed E-state index contributed by atoms with van der Waals surface area (Å²) in [5, 5.41) is 0. The predicted molar refractivity (Wildman–Crippen MR) is 89.3 cm³/mol. The average Bonchev–Trinajstić information content (AvgIpc) is 3.36. The Kier molecular flexibility index (Phi) is 4.22. The Morgan fingerprint density at radius 2 is 1.45 bits per heavy atom. The lowest BCUT2D eigenvalue weighted by molar-refractivity contribution is 0.272. The summed E-state index contributed by atoms with van der Waals surface area (Å²) >= 11 is 0. The highest BCUT2D eigenvalue weighted by Gasteiger charge is 2.49. The molecular formula is C18H21O3P. The smallest absolute Gasteiger partial charge is 0.312 e. The van der Waals surface area contributed by atoms with Gasteiger partial charge in [-0.25, -0.2) is 0 Å². The minimum absolute atomic E-state index is 0.0449. The van der Waals surface area contributed by atoms with Crippen LogP contribution in [0.2, 0.25) is 0 Å². The summed E-state index contributed by atoms with van der Waals surface area (Å²) in [6, 6.07) is 18.9. The summed E-state index contributed by atoms with van der Waals surface area (Å²) in [5.74, 6) is 0. The van der Waals surface area contributed by atoms with E-state index in [9.17, 15) is 4.57 Å². The van der Waals surface area contributed by atoms with Crippen LogP contribution in [0.4, 0.5) is 0 Å². The highest BCUT2D eigenvalue weighted by molar-refractivity contribution is 7.53. The van der Waals surface area contributed by atoms with E-state index in [-0.39, 0.29) is 5.41 Å². The maximum Gasteiger partial charge on any atom is 0.331 e. The fourth-order valence-electron chi connectivity index (χ4n) is 2.91. The Morgan fingerprint density at radius 1 is 0.909 bits per heavy atom. The van der Waals surface area contributed by atoms with Gasteiger partial charge in [-0.15, -0.1) is 0 Å². The van der Waals surface area contributed by atoms with E-state index in [2.05, 4.69) is 36.4 Å². The van der Waals surface area contributed by atoms with Crippen LogP contribution in [-0.2, 0) is 19.0 Å². The quantitative estimate of drug-likeness (QED) is 0.713. The summed E-state index contributed by atoms with van der Waals surface area (Å²) < 4.78 is 22.6. The molecule has 116 valence electrons. The topological polar surface area (TPSA) is 35.5 Å². The Labute approximate surface area is 131 Å². The van der Waals surface area contributed by atoms with Gasteiger partial charge in [-0.3, -0.25) is 4.57 Å². The van der Waals surface area contributed by atoms with Gasteiger partial charge in [0.1, 0.15) is 0 Å². The molecule has 0 aliphatic heterocycles. The lowest BCUT2D eigenvalue weighted by atomic mass is 9.95. The molecule has 4 heteroatoms. The first-order valence-corrected chi connectivity index (χ1v) is 9.20. The molecule has 0 bridgehead atoms. The summed E-state index contributed by atoms with van der Waals surface area (Å²) in [6.45, 7) is 0. The van der Waals surface area contributed by atoms with Gasteiger partial charge in [0, 0.05) is 19.6 Å². The van der Waals surface area contributed by atoms with E-state index in [4.69, 9.17) is 9.05 Å². The van der Waals surface area contributed by atoms with Gasteiger partial charge in [0.15, 0.2) is 0 Å². The van der Waals surface area contributed by atoms with Gasteiger partial charge in [-0.1, -0.05) is 54.6 Å². The van der Waals surface area contributed by atoms with E-state index in [0.717, 1.165) is 12.8 Å². The highest BCUT2D eigenvalue weighted by Crippen LogP contribution is 2.60. The molecule has 0 atom stereocenters. The molecular weight excluding hydrogens is 295 g/mol. The van der Waals surface area contributed by atoms with Crippen molar-refractivity contribution in [2.75, 3.05) is 20.4 Å². The van der Waals surface area contributed by atoms with Crippen LogP contribution in [0, 0.1) is 0 Å². The van der Waals surface area contributed by atoms with Crippen LogP contribution in [0.25, 0.3) is 11.1 Å². The summed E-state index contributed by atoms with van der Waals surface area (Å²) in [5.41, 5.74) is 3.58. The predicted octanol–water partition coefficient (Wildman–Crippen LogP) is 4.87. The summed E-state index contributed by atoms with van der Waals surface area (Å²) in [4.78, 5) is 0. The number of rotatable bonds is 6. The van der Waals surface area contributed by atoms with Crippen molar-refractivity contribution in [1.29, 1.82) is 0 Å². The molecule has 0 aromatic heterocycles. The molecule has 1 aliphatic carbocycles. The van der Waals surface area contributed by atoms with E-state index >= 15 is 0 Å². The van der Waals surface area contributed by atoms with E-state index in [1.165, 1.54) is 30.9 Å². The average molecular weight is 316 g/mol. The molecule has 1 saturated carbocycles. The lowest BCUT2D eigenvalue weighted by Crippen LogP contribution is -2.14. The number of hydrogen-bond acceptors (Lipinski definition) is 3. The minimum atomic E-state index is -2.98. The first-order chi connectivity index (χ1) is 10.6. The first-order valence-electron chi connectivity index (χ1n) is 7.47. The van der Waals surface area contributed by atoms with Crippen LogP contribution in [0.3, 0.4) is 0 Å². The van der Waals surface area contributed by atoms with Crippen LogP contribution >= 0.6 is 7.60 Å². The standard InChI is InChI=1S/C18H21O3P/c1-20-22(19,21-2)14-18(12-13-18)17-10-8-16(9-11-17)15-6-4-3-5-7-15/h3-11H,12-14H2,1-2H3. The van der Waals surface area contributed by atoms with Crippen molar-refractivity contribution in [1.82, 2.24) is 0 Å². The molecule has 3 nitrogen and oxygen atoms in total. The second kappa shape index (κ2) is 6.00. The monoisotopic (exact) mass is 316 g/mol. The van der Waals surface area contributed by atoms with Crippen molar-refractivity contribution in [2.45, 2.75) is 18.3 Å². The summed E-state index contributed by atoms with van der Waals surface area (Å²) in [6.07, 6.45) is 2.53. The third kappa shape index (κ3) is 3.03. The minimum Gasteiger partial charge on any atom is -0.312 e. The van der Waals surface area contributed by atoms with E-state index in [0.29, 0.717) is 6.16 Å². The van der Waals surface area contributed by atoms with Gasteiger partial charge < -0.3 is 9.05 Å². The van der Waals surface area contributed by atoms with Crippen molar-refractivity contribution in [3.8, 4) is 11.1 Å². The molecule has 0 saturated heterocycles. The molecule has 1 aliphatic rings. The van der Waals surface area contributed by atoms with Crippen LogP contribution in [0.1, 0.15) is 18.4 Å². The van der Waals surface area contributed by atoms with Gasteiger partial charge in [-0.2, -0.15) is 0 Å². The Morgan fingerprint density at radius 3 is 1.95 bits per heavy atom. The Balaban J connectivity index is 1.83. The highest BCUT2D eigenvalue weighted by atomic mass is 31.2. The van der Waals surface area contributed by atoms with Crippen molar-refractivity contribution < 1.29 is 13.6 Å². The SMILES string of the molecule is COP(=O)(CC1(c2ccc(-c3ccccc3)cc2)CC1)OC. The molecule has 0 N–H and O–H groups in total. The van der Waals surface area contributed by atoms with Gasteiger partial charge >= 0.3 is 7.60 Å². The fourth-order valence-corrected chi connectivity index (χ4v) is 4.56. The Hall–Kier alpha value is -1.41. The molecule has 2 aromatic carbocycles. The zero-order valence-electron chi connectivity index (χ0n) is 13.0. The molecule has 1 fully saturated rings. The molecule has 0 unspecified atom stereocenters. The van der Waals surface area contributed by atoms with Gasteiger partial charge in [0.25, 0.3) is 0 Å². The van der Waals surface area contributed by atoms with Crippen molar-refractivity contribution in [3.05, 3.63) is 60.2 Å². The third-order valence-corrected chi connectivity index (χ3v) is 6.62. The van der Waals surface area contributed by atoms with E-state index in [1.54, 1.807) is 0 Å².